The molecule has 136 valence electrons. The van der Waals surface area contributed by atoms with Crippen LogP contribution in [0.25, 0.3) is 11.1 Å². The highest BCUT2D eigenvalue weighted by molar-refractivity contribution is 5.81. The van der Waals surface area contributed by atoms with Gasteiger partial charge in [-0.3, -0.25) is 0 Å². The Bertz CT molecular complexity index is 802. The number of rotatable bonds is 5. The largest absolute Gasteiger partial charge is 0.480 e. The van der Waals surface area contributed by atoms with Crippen molar-refractivity contribution in [3.05, 3.63) is 59.7 Å². The predicted octanol–water partition coefficient (Wildman–Crippen LogP) is 3.63. The number of benzene rings is 2. The van der Waals surface area contributed by atoms with Crippen LogP contribution in [0.2, 0.25) is 0 Å². The van der Waals surface area contributed by atoms with E-state index in [4.69, 9.17) is 9.84 Å². The molecule has 0 spiro atoms. The number of alkyl carbamates (subject to hydrolysis) is 1. The van der Waals surface area contributed by atoms with Crippen LogP contribution >= 0.6 is 0 Å². The van der Waals surface area contributed by atoms with Crippen LogP contribution in [0.1, 0.15) is 24.0 Å². The maximum atomic E-state index is 13.3. The van der Waals surface area contributed by atoms with E-state index in [1.807, 2.05) is 48.5 Å². The van der Waals surface area contributed by atoms with Crippen molar-refractivity contribution in [2.45, 2.75) is 24.8 Å². The molecule has 1 amide bonds. The minimum Gasteiger partial charge on any atom is -0.480 e. The first-order chi connectivity index (χ1) is 12.3. The Balaban J connectivity index is 1.74. The van der Waals surface area contributed by atoms with E-state index in [0.717, 1.165) is 22.3 Å². The summed E-state index contributed by atoms with van der Waals surface area (Å²) in [7, 11) is 0. The van der Waals surface area contributed by atoms with Gasteiger partial charge < -0.3 is 15.2 Å². The van der Waals surface area contributed by atoms with E-state index in [2.05, 4.69) is 0 Å². The molecule has 7 heteroatoms. The zero-order valence-corrected chi connectivity index (χ0v) is 13.9. The molecule has 1 atom stereocenters. The molecular formula is C19H17F2NO4. The maximum absolute atomic E-state index is 13.3. The Morgan fingerprint density at radius 3 is 2.08 bits per heavy atom. The fraction of sp³-hybridized carbons (Fsp3) is 0.263. The van der Waals surface area contributed by atoms with Crippen molar-refractivity contribution in [3.63, 3.8) is 0 Å². The summed E-state index contributed by atoms with van der Waals surface area (Å²) in [5, 5.41) is 10.6. The van der Waals surface area contributed by atoms with Gasteiger partial charge >= 0.3 is 12.1 Å². The highest BCUT2D eigenvalue weighted by atomic mass is 19.3. The van der Waals surface area contributed by atoms with Crippen LogP contribution in [0.5, 0.6) is 0 Å². The van der Waals surface area contributed by atoms with Gasteiger partial charge in [0.05, 0.1) is 0 Å². The van der Waals surface area contributed by atoms with E-state index in [9.17, 15) is 18.4 Å². The summed E-state index contributed by atoms with van der Waals surface area (Å²) >= 11 is 0. The summed E-state index contributed by atoms with van der Waals surface area (Å²) in [6, 6.07) is 13.0. The monoisotopic (exact) mass is 361 g/mol. The molecule has 2 aromatic carbocycles. The number of aliphatic carboxylic acids is 1. The van der Waals surface area contributed by atoms with Crippen molar-refractivity contribution < 1.29 is 28.2 Å². The SMILES string of the molecule is CC(F)(F)[C@H](NC(=O)OCC1c2ccccc2-c2ccccc21)C(=O)O. The standard InChI is InChI=1S/C19H17F2NO4/c1-19(20,21)16(17(23)24)22-18(25)26-10-15-13-8-4-2-6-11(13)12-7-3-5-9-14(12)15/h2-9,15-16H,10H2,1H3,(H,22,25)(H,23,24)/t16-/m1/s1. The summed E-state index contributed by atoms with van der Waals surface area (Å²) in [5.74, 6) is -5.68. The number of hydrogen-bond donors (Lipinski definition) is 2. The van der Waals surface area contributed by atoms with Crippen LogP contribution in [0.3, 0.4) is 0 Å². The van der Waals surface area contributed by atoms with Crippen molar-refractivity contribution in [1.29, 1.82) is 0 Å². The number of fused-ring (bicyclic) bond motifs is 3. The van der Waals surface area contributed by atoms with E-state index in [-0.39, 0.29) is 12.5 Å². The second kappa shape index (κ2) is 6.74. The van der Waals surface area contributed by atoms with E-state index in [1.165, 1.54) is 0 Å². The average molecular weight is 361 g/mol. The van der Waals surface area contributed by atoms with Crippen LogP contribution in [0, 0.1) is 0 Å². The van der Waals surface area contributed by atoms with E-state index in [0.29, 0.717) is 6.92 Å². The number of carboxylic acid groups (broad SMARTS) is 1. The predicted molar refractivity (Wildman–Crippen MR) is 90.2 cm³/mol. The first-order valence-corrected chi connectivity index (χ1v) is 8.01. The molecule has 0 aliphatic heterocycles. The van der Waals surface area contributed by atoms with Crippen molar-refractivity contribution >= 4 is 12.1 Å². The second-order valence-corrected chi connectivity index (χ2v) is 6.20. The van der Waals surface area contributed by atoms with Gasteiger partial charge in [0.1, 0.15) is 6.61 Å². The summed E-state index contributed by atoms with van der Waals surface area (Å²) in [4.78, 5) is 22.8. The third-order valence-corrected chi connectivity index (χ3v) is 4.36. The molecule has 0 radical (unpaired) electrons. The normalized spacial score (nSPS) is 14.3. The number of carbonyl (C=O) groups excluding carboxylic acids is 1. The number of alkyl halides is 2. The summed E-state index contributed by atoms with van der Waals surface area (Å²) < 4.78 is 31.6. The van der Waals surface area contributed by atoms with Crippen LogP contribution in [-0.4, -0.2) is 35.7 Å². The lowest BCUT2D eigenvalue weighted by atomic mass is 9.98. The van der Waals surface area contributed by atoms with Gasteiger partial charge in [0.25, 0.3) is 5.92 Å². The molecule has 0 bridgehead atoms. The van der Waals surface area contributed by atoms with Gasteiger partial charge in [0, 0.05) is 12.8 Å². The minimum atomic E-state index is -3.61. The van der Waals surface area contributed by atoms with Gasteiger partial charge in [-0.05, 0) is 22.3 Å². The molecule has 5 nitrogen and oxygen atoms in total. The fourth-order valence-electron chi connectivity index (χ4n) is 3.16. The lowest BCUT2D eigenvalue weighted by Crippen LogP contribution is -2.51. The summed E-state index contributed by atoms with van der Waals surface area (Å²) in [6.07, 6.45) is -1.19. The number of nitrogens with one attached hydrogen (secondary N) is 1. The fourth-order valence-corrected chi connectivity index (χ4v) is 3.16. The second-order valence-electron chi connectivity index (χ2n) is 6.20. The molecule has 0 heterocycles. The smallest absolute Gasteiger partial charge is 0.408 e. The van der Waals surface area contributed by atoms with Gasteiger partial charge in [-0.25, -0.2) is 18.4 Å². The number of ether oxygens (including phenoxy) is 1. The Labute approximate surface area is 148 Å². The maximum Gasteiger partial charge on any atom is 0.408 e. The van der Waals surface area contributed by atoms with Crippen LogP contribution < -0.4 is 5.32 Å². The van der Waals surface area contributed by atoms with Crippen LogP contribution in [-0.2, 0) is 9.53 Å². The Kier molecular flexibility index (Phi) is 4.63. The molecule has 0 saturated carbocycles. The third kappa shape index (κ3) is 3.37. The molecular weight excluding hydrogens is 344 g/mol. The first-order valence-electron chi connectivity index (χ1n) is 8.01. The average Bonchev–Trinajstić information content (AvgIpc) is 2.91. The Morgan fingerprint density at radius 2 is 1.62 bits per heavy atom. The van der Waals surface area contributed by atoms with Crippen LogP contribution in [0.4, 0.5) is 13.6 Å². The molecule has 0 fully saturated rings. The number of hydrogen-bond acceptors (Lipinski definition) is 3. The highest BCUT2D eigenvalue weighted by Gasteiger charge is 2.41. The van der Waals surface area contributed by atoms with Crippen molar-refractivity contribution in [2.75, 3.05) is 6.61 Å². The first kappa shape index (κ1) is 17.8. The molecule has 2 aromatic rings. The van der Waals surface area contributed by atoms with E-state index >= 15 is 0 Å². The van der Waals surface area contributed by atoms with Gasteiger partial charge in [0.15, 0.2) is 6.04 Å². The molecule has 26 heavy (non-hydrogen) atoms. The van der Waals surface area contributed by atoms with Gasteiger partial charge in [-0.15, -0.1) is 0 Å². The summed E-state index contributed by atoms with van der Waals surface area (Å²) in [5.41, 5.74) is 4.00. The van der Waals surface area contributed by atoms with Gasteiger partial charge in [0.2, 0.25) is 0 Å². The summed E-state index contributed by atoms with van der Waals surface area (Å²) in [6.45, 7) is 0.344. The number of halogens is 2. The molecule has 0 aromatic heterocycles. The van der Waals surface area contributed by atoms with Crippen molar-refractivity contribution in [1.82, 2.24) is 5.32 Å². The molecule has 0 unspecified atom stereocenters. The lowest BCUT2D eigenvalue weighted by molar-refractivity contribution is -0.148. The number of amides is 1. The van der Waals surface area contributed by atoms with E-state index in [1.54, 1.807) is 5.32 Å². The molecule has 2 N–H and O–H groups in total. The van der Waals surface area contributed by atoms with Crippen molar-refractivity contribution in [2.24, 2.45) is 0 Å². The number of carbonyl (C=O) groups is 2. The zero-order chi connectivity index (χ0) is 18.9. The Hall–Kier alpha value is -2.96. The highest BCUT2D eigenvalue weighted by Crippen LogP contribution is 2.44. The molecule has 1 aliphatic carbocycles. The minimum absolute atomic E-state index is 0.0819. The molecule has 1 aliphatic rings. The lowest BCUT2D eigenvalue weighted by Gasteiger charge is -2.21. The molecule has 0 saturated heterocycles. The van der Waals surface area contributed by atoms with Crippen LogP contribution in [0.15, 0.2) is 48.5 Å². The quantitative estimate of drug-likeness (QED) is 0.853. The Morgan fingerprint density at radius 1 is 1.12 bits per heavy atom. The van der Waals surface area contributed by atoms with E-state index < -0.39 is 24.0 Å². The third-order valence-electron chi connectivity index (χ3n) is 4.36. The van der Waals surface area contributed by atoms with Crippen molar-refractivity contribution in [3.8, 4) is 11.1 Å². The van der Waals surface area contributed by atoms with Gasteiger partial charge in [-0.2, -0.15) is 0 Å². The zero-order valence-electron chi connectivity index (χ0n) is 13.9. The topological polar surface area (TPSA) is 75.6 Å². The molecule has 3 rings (SSSR count). The van der Waals surface area contributed by atoms with Gasteiger partial charge in [-0.1, -0.05) is 48.5 Å². The number of carboxylic acids is 1.